The van der Waals surface area contributed by atoms with Gasteiger partial charge in [0.05, 0.1) is 12.5 Å². The zero-order valence-electron chi connectivity index (χ0n) is 9.77. The predicted octanol–water partition coefficient (Wildman–Crippen LogP) is 0.697. The van der Waals surface area contributed by atoms with E-state index in [4.69, 9.17) is 11.5 Å². The van der Waals surface area contributed by atoms with Crippen molar-refractivity contribution in [3.05, 3.63) is 29.6 Å². The number of nitrogens with two attached hydrogens (primary N) is 2. The number of carbonyl (C=O) groups excluding carboxylic acids is 2. The molecule has 0 radical (unpaired) electrons. The van der Waals surface area contributed by atoms with E-state index in [-0.39, 0.29) is 18.8 Å². The first-order valence-electron chi connectivity index (χ1n) is 5.01. The number of hydrogen-bond acceptors (Lipinski definition) is 3. The molecule has 0 bridgehead atoms. The number of anilines is 1. The molecule has 1 unspecified atom stereocenters. The van der Waals surface area contributed by atoms with E-state index in [1.165, 1.54) is 19.1 Å². The van der Waals surface area contributed by atoms with E-state index >= 15 is 0 Å². The second-order valence-electron chi connectivity index (χ2n) is 3.68. The van der Waals surface area contributed by atoms with Gasteiger partial charge in [0.1, 0.15) is 5.82 Å². The summed E-state index contributed by atoms with van der Waals surface area (Å²) >= 11 is 0. The molecule has 100 valence electrons. The van der Waals surface area contributed by atoms with E-state index in [1.54, 1.807) is 6.07 Å². The highest BCUT2D eigenvalue weighted by atomic mass is 35.5. The average Bonchev–Trinajstić information content (AvgIpc) is 2.23. The molecule has 0 saturated carbocycles. The van der Waals surface area contributed by atoms with Crippen LogP contribution in [-0.4, -0.2) is 17.9 Å². The maximum atomic E-state index is 13.2. The van der Waals surface area contributed by atoms with E-state index in [9.17, 15) is 14.0 Å². The zero-order chi connectivity index (χ0) is 13.0. The molecule has 0 saturated heterocycles. The topological polar surface area (TPSA) is 98.2 Å². The van der Waals surface area contributed by atoms with Gasteiger partial charge >= 0.3 is 0 Å². The number of hydrogen-bond donors (Lipinski definition) is 3. The van der Waals surface area contributed by atoms with Gasteiger partial charge in [-0.15, -0.1) is 12.4 Å². The lowest BCUT2D eigenvalue weighted by Gasteiger charge is -2.12. The molecule has 1 atom stereocenters. The van der Waals surface area contributed by atoms with Crippen molar-refractivity contribution in [2.75, 3.05) is 5.32 Å². The number of primary amides is 1. The Balaban J connectivity index is 0.00000289. The number of carbonyl (C=O) groups is 2. The third-order valence-corrected chi connectivity index (χ3v) is 2.28. The lowest BCUT2D eigenvalue weighted by Crippen LogP contribution is -2.39. The van der Waals surface area contributed by atoms with Gasteiger partial charge in [0.15, 0.2) is 0 Å². The molecule has 0 aromatic heterocycles. The molecule has 1 aromatic carbocycles. The first kappa shape index (κ1) is 16.3. The Labute approximate surface area is 110 Å². The Morgan fingerprint density at radius 1 is 1.44 bits per heavy atom. The van der Waals surface area contributed by atoms with Crippen LogP contribution in [0.1, 0.15) is 12.0 Å². The van der Waals surface area contributed by atoms with Gasteiger partial charge in [-0.1, -0.05) is 6.07 Å². The van der Waals surface area contributed by atoms with Crippen LogP contribution in [0.15, 0.2) is 18.2 Å². The standard InChI is InChI=1S/C11H14FN3O2.ClH/c1-6-7(12)3-2-4-9(6)15-11(17)8(13)5-10(14)16;/h2-4,8H,5,13H2,1H3,(H2,14,16)(H,15,17);1H. The van der Waals surface area contributed by atoms with Crippen LogP contribution in [-0.2, 0) is 9.59 Å². The van der Waals surface area contributed by atoms with Gasteiger partial charge in [-0.05, 0) is 19.1 Å². The van der Waals surface area contributed by atoms with Crippen molar-refractivity contribution in [3.63, 3.8) is 0 Å². The minimum atomic E-state index is -1.03. The van der Waals surface area contributed by atoms with Gasteiger partial charge in [0.25, 0.3) is 0 Å². The molecule has 1 aromatic rings. The minimum absolute atomic E-state index is 0. The molecule has 0 aliphatic heterocycles. The van der Waals surface area contributed by atoms with Crippen LogP contribution in [0.2, 0.25) is 0 Å². The second-order valence-corrected chi connectivity index (χ2v) is 3.68. The Morgan fingerprint density at radius 3 is 2.61 bits per heavy atom. The summed E-state index contributed by atoms with van der Waals surface area (Å²) in [4.78, 5) is 22.1. The van der Waals surface area contributed by atoms with Crippen molar-refractivity contribution in [2.24, 2.45) is 11.5 Å². The largest absolute Gasteiger partial charge is 0.370 e. The molecule has 18 heavy (non-hydrogen) atoms. The lowest BCUT2D eigenvalue weighted by atomic mass is 10.1. The fraction of sp³-hybridized carbons (Fsp3) is 0.273. The molecule has 0 aliphatic rings. The maximum Gasteiger partial charge on any atom is 0.241 e. The molecule has 5 nitrogen and oxygen atoms in total. The van der Waals surface area contributed by atoms with Crippen molar-refractivity contribution in [3.8, 4) is 0 Å². The smallest absolute Gasteiger partial charge is 0.241 e. The lowest BCUT2D eigenvalue weighted by molar-refractivity contribution is -0.123. The van der Waals surface area contributed by atoms with Crippen molar-refractivity contribution in [2.45, 2.75) is 19.4 Å². The van der Waals surface area contributed by atoms with Gasteiger partial charge in [-0.3, -0.25) is 9.59 Å². The molecule has 0 heterocycles. The summed E-state index contributed by atoms with van der Waals surface area (Å²) in [7, 11) is 0. The molecule has 2 amide bonds. The SMILES string of the molecule is Cc1c(F)cccc1NC(=O)C(N)CC(N)=O.Cl. The average molecular weight is 276 g/mol. The highest BCUT2D eigenvalue weighted by molar-refractivity contribution is 5.97. The summed E-state index contributed by atoms with van der Waals surface area (Å²) < 4.78 is 13.2. The Bertz CT molecular complexity index is 454. The summed E-state index contributed by atoms with van der Waals surface area (Å²) in [5.41, 5.74) is 11.0. The fourth-order valence-electron chi connectivity index (χ4n) is 1.28. The maximum absolute atomic E-state index is 13.2. The van der Waals surface area contributed by atoms with Crippen LogP contribution < -0.4 is 16.8 Å². The van der Waals surface area contributed by atoms with E-state index in [0.29, 0.717) is 11.3 Å². The molecule has 7 heteroatoms. The quantitative estimate of drug-likeness (QED) is 0.754. The third kappa shape index (κ3) is 4.31. The number of benzene rings is 1. The summed E-state index contributed by atoms with van der Waals surface area (Å²) in [6.45, 7) is 1.53. The van der Waals surface area contributed by atoms with Crippen molar-refractivity contribution in [1.29, 1.82) is 0 Å². The van der Waals surface area contributed by atoms with E-state index in [0.717, 1.165) is 0 Å². The first-order chi connectivity index (χ1) is 7.91. The Morgan fingerprint density at radius 2 is 2.06 bits per heavy atom. The normalized spacial score (nSPS) is 11.3. The third-order valence-electron chi connectivity index (χ3n) is 2.28. The van der Waals surface area contributed by atoms with Crippen molar-refractivity contribution >= 4 is 29.9 Å². The number of amides is 2. The van der Waals surface area contributed by atoms with Gasteiger partial charge < -0.3 is 16.8 Å². The van der Waals surface area contributed by atoms with Crippen LogP contribution in [0.5, 0.6) is 0 Å². The van der Waals surface area contributed by atoms with Crippen LogP contribution in [0, 0.1) is 12.7 Å². The monoisotopic (exact) mass is 275 g/mol. The number of nitrogens with one attached hydrogen (secondary N) is 1. The molecular weight excluding hydrogens is 261 g/mol. The highest BCUT2D eigenvalue weighted by Gasteiger charge is 2.17. The van der Waals surface area contributed by atoms with Gasteiger partial charge in [0.2, 0.25) is 11.8 Å². The van der Waals surface area contributed by atoms with Gasteiger partial charge in [-0.2, -0.15) is 0 Å². The second kappa shape index (κ2) is 6.93. The summed E-state index contributed by atoms with van der Waals surface area (Å²) in [6, 6.07) is 3.27. The van der Waals surface area contributed by atoms with E-state index in [1.807, 2.05) is 0 Å². The van der Waals surface area contributed by atoms with E-state index < -0.39 is 23.7 Å². The summed E-state index contributed by atoms with van der Waals surface area (Å²) in [6.07, 6.45) is -0.250. The molecule has 0 spiro atoms. The highest BCUT2D eigenvalue weighted by Crippen LogP contribution is 2.17. The summed E-state index contributed by atoms with van der Waals surface area (Å²) in [5.74, 6) is -1.66. The zero-order valence-corrected chi connectivity index (χ0v) is 10.6. The minimum Gasteiger partial charge on any atom is -0.370 e. The Hall–Kier alpha value is -1.66. The first-order valence-corrected chi connectivity index (χ1v) is 5.01. The molecule has 0 aliphatic carbocycles. The van der Waals surface area contributed by atoms with Crippen molar-refractivity contribution < 1.29 is 14.0 Å². The number of halogens is 2. The predicted molar refractivity (Wildman–Crippen MR) is 68.8 cm³/mol. The molecule has 1 rings (SSSR count). The summed E-state index contributed by atoms with van der Waals surface area (Å²) in [5, 5.41) is 2.44. The van der Waals surface area contributed by atoms with Crippen LogP contribution in [0.25, 0.3) is 0 Å². The Kier molecular flexibility index (Phi) is 6.29. The van der Waals surface area contributed by atoms with Gasteiger partial charge in [0, 0.05) is 11.3 Å². The van der Waals surface area contributed by atoms with Crippen LogP contribution in [0.3, 0.4) is 0 Å². The van der Waals surface area contributed by atoms with E-state index in [2.05, 4.69) is 5.32 Å². The van der Waals surface area contributed by atoms with Crippen LogP contribution >= 0.6 is 12.4 Å². The molecule has 0 fully saturated rings. The fourth-order valence-corrected chi connectivity index (χ4v) is 1.28. The number of rotatable bonds is 4. The molecule has 5 N–H and O–H groups in total. The van der Waals surface area contributed by atoms with Crippen LogP contribution in [0.4, 0.5) is 10.1 Å². The molecular formula is C11H15ClFN3O2. The van der Waals surface area contributed by atoms with Crippen molar-refractivity contribution in [1.82, 2.24) is 0 Å². The van der Waals surface area contributed by atoms with Gasteiger partial charge in [-0.25, -0.2) is 4.39 Å².